The normalized spacial score (nSPS) is 18.5. The number of thiazole rings is 1. The fourth-order valence-electron chi connectivity index (χ4n) is 2.69. The molecular formula is C16H18FN3OS. The number of halogens is 1. The zero-order chi connectivity index (χ0) is 15.4. The number of likely N-dealkylation sites (tertiary alicyclic amines) is 1. The van der Waals surface area contributed by atoms with Gasteiger partial charge in [-0.15, -0.1) is 11.3 Å². The van der Waals surface area contributed by atoms with E-state index in [1.807, 2.05) is 5.38 Å². The molecule has 0 bridgehead atoms. The summed E-state index contributed by atoms with van der Waals surface area (Å²) in [6.07, 6.45) is 2.61. The SMILES string of the molecule is O=C(NCc1nccs1)C1CCN(Cc2ccc(F)cc2)C1. The predicted octanol–water partition coefficient (Wildman–Crippen LogP) is 2.42. The van der Waals surface area contributed by atoms with Crippen LogP contribution in [0.5, 0.6) is 0 Å². The van der Waals surface area contributed by atoms with Gasteiger partial charge in [-0.05, 0) is 30.7 Å². The number of nitrogens with one attached hydrogen (secondary N) is 1. The Bertz CT molecular complexity index is 615. The summed E-state index contributed by atoms with van der Waals surface area (Å²) in [5.74, 6) is -0.0955. The molecule has 1 N–H and O–H groups in total. The van der Waals surface area contributed by atoms with Crippen molar-refractivity contribution in [3.05, 3.63) is 52.2 Å². The van der Waals surface area contributed by atoms with E-state index >= 15 is 0 Å². The summed E-state index contributed by atoms with van der Waals surface area (Å²) in [7, 11) is 0. The van der Waals surface area contributed by atoms with Crippen molar-refractivity contribution in [1.29, 1.82) is 0 Å². The van der Waals surface area contributed by atoms with Gasteiger partial charge in [0.25, 0.3) is 0 Å². The maximum atomic E-state index is 12.9. The van der Waals surface area contributed by atoms with Crippen molar-refractivity contribution >= 4 is 17.2 Å². The van der Waals surface area contributed by atoms with E-state index in [4.69, 9.17) is 0 Å². The van der Waals surface area contributed by atoms with Crippen molar-refractivity contribution in [3.63, 3.8) is 0 Å². The molecule has 0 saturated carbocycles. The van der Waals surface area contributed by atoms with Crippen LogP contribution in [0.4, 0.5) is 4.39 Å². The summed E-state index contributed by atoms with van der Waals surface area (Å²) in [6, 6.07) is 6.55. The Morgan fingerprint density at radius 2 is 2.23 bits per heavy atom. The molecule has 3 rings (SSSR count). The summed E-state index contributed by atoms with van der Waals surface area (Å²) in [6.45, 7) is 2.91. The summed E-state index contributed by atoms with van der Waals surface area (Å²) < 4.78 is 12.9. The molecule has 1 aliphatic rings. The Balaban J connectivity index is 1.47. The average molecular weight is 319 g/mol. The quantitative estimate of drug-likeness (QED) is 0.920. The topological polar surface area (TPSA) is 45.2 Å². The molecule has 0 radical (unpaired) electrons. The summed E-state index contributed by atoms with van der Waals surface area (Å²) >= 11 is 1.54. The molecule has 1 fully saturated rings. The Labute approximate surface area is 133 Å². The van der Waals surface area contributed by atoms with Gasteiger partial charge < -0.3 is 5.32 Å². The lowest BCUT2D eigenvalue weighted by Gasteiger charge is -2.16. The van der Waals surface area contributed by atoms with Crippen LogP contribution in [0, 0.1) is 11.7 Å². The van der Waals surface area contributed by atoms with Crippen molar-refractivity contribution in [3.8, 4) is 0 Å². The zero-order valence-electron chi connectivity index (χ0n) is 12.2. The van der Waals surface area contributed by atoms with E-state index in [0.29, 0.717) is 6.54 Å². The second-order valence-corrected chi connectivity index (χ2v) is 6.47. The molecule has 22 heavy (non-hydrogen) atoms. The van der Waals surface area contributed by atoms with Gasteiger partial charge in [0, 0.05) is 24.7 Å². The lowest BCUT2D eigenvalue weighted by molar-refractivity contribution is -0.124. The van der Waals surface area contributed by atoms with Crippen LogP contribution in [-0.2, 0) is 17.9 Å². The minimum Gasteiger partial charge on any atom is -0.349 e. The first kappa shape index (κ1) is 15.1. The van der Waals surface area contributed by atoms with Crippen molar-refractivity contribution < 1.29 is 9.18 Å². The third-order valence-electron chi connectivity index (χ3n) is 3.86. The maximum absolute atomic E-state index is 12.9. The van der Waals surface area contributed by atoms with E-state index in [1.165, 1.54) is 12.1 Å². The summed E-state index contributed by atoms with van der Waals surface area (Å²) in [5, 5.41) is 5.78. The highest BCUT2D eigenvalue weighted by Crippen LogP contribution is 2.19. The fourth-order valence-corrected chi connectivity index (χ4v) is 3.24. The number of carbonyl (C=O) groups excluding carboxylic acids is 1. The molecule has 1 atom stereocenters. The average Bonchev–Trinajstić information content (AvgIpc) is 3.19. The van der Waals surface area contributed by atoms with E-state index in [0.717, 1.165) is 36.6 Å². The molecular weight excluding hydrogens is 301 g/mol. The molecule has 116 valence electrons. The fraction of sp³-hybridized carbons (Fsp3) is 0.375. The van der Waals surface area contributed by atoms with E-state index in [9.17, 15) is 9.18 Å². The molecule has 1 aromatic carbocycles. The highest BCUT2D eigenvalue weighted by molar-refractivity contribution is 7.09. The van der Waals surface area contributed by atoms with Crippen LogP contribution >= 0.6 is 11.3 Å². The highest BCUT2D eigenvalue weighted by Gasteiger charge is 2.28. The molecule has 1 aromatic heterocycles. The summed E-state index contributed by atoms with van der Waals surface area (Å²) in [5.41, 5.74) is 1.07. The Hall–Kier alpha value is -1.79. The molecule has 1 unspecified atom stereocenters. The van der Waals surface area contributed by atoms with E-state index in [-0.39, 0.29) is 17.6 Å². The van der Waals surface area contributed by atoms with Crippen LogP contribution in [0.15, 0.2) is 35.8 Å². The van der Waals surface area contributed by atoms with Gasteiger partial charge in [-0.25, -0.2) is 9.37 Å². The van der Waals surface area contributed by atoms with Gasteiger partial charge in [0.15, 0.2) is 0 Å². The number of hydrogen-bond acceptors (Lipinski definition) is 4. The molecule has 1 saturated heterocycles. The third-order valence-corrected chi connectivity index (χ3v) is 4.64. The van der Waals surface area contributed by atoms with Gasteiger partial charge in [-0.1, -0.05) is 12.1 Å². The van der Waals surface area contributed by atoms with Gasteiger partial charge in [-0.3, -0.25) is 9.69 Å². The van der Waals surface area contributed by atoms with Crippen molar-refractivity contribution in [2.45, 2.75) is 19.5 Å². The molecule has 0 spiro atoms. The summed E-state index contributed by atoms with van der Waals surface area (Å²) in [4.78, 5) is 18.6. The maximum Gasteiger partial charge on any atom is 0.224 e. The van der Waals surface area contributed by atoms with Gasteiger partial charge in [0.05, 0.1) is 12.5 Å². The van der Waals surface area contributed by atoms with Crippen molar-refractivity contribution in [1.82, 2.24) is 15.2 Å². The van der Waals surface area contributed by atoms with Crippen LogP contribution in [-0.4, -0.2) is 28.9 Å². The van der Waals surface area contributed by atoms with Crippen LogP contribution < -0.4 is 5.32 Å². The van der Waals surface area contributed by atoms with Gasteiger partial charge in [0.1, 0.15) is 10.8 Å². The van der Waals surface area contributed by atoms with Crippen LogP contribution in [0.2, 0.25) is 0 Å². The monoisotopic (exact) mass is 319 g/mol. The Morgan fingerprint density at radius 1 is 1.41 bits per heavy atom. The first-order chi connectivity index (χ1) is 10.7. The predicted molar refractivity (Wildman–Crippen MR) is 83.7 cm³/mol. The van der Waals surface area contributed by atoms with E-state index in [1.54, 1.807) is 29.7 Å². The molecule has 1 aliphatic heterocycles. The molecule has 1 amide bonds. The number of aromatic nitrogens is 1. The van der Waals surface area contributed by atoms with E-state index in [2.05, 4.69) is 15.2 Å². The standard InChI is InChI=1S/C16H18FN3OS/c17-14-3-1-12(2-4-14)10-20-7-5-13(11-20)16(21)19-9-15-18-6-8-22-15/h1-4,6,8,13H,5,7,9-11H2,(H,19,21). The van der Waals surface area contributed by atoms with Gasteiger partial charge >= 0.3 is 0 Å². The second-order valence-electron chi connectivity index (χ2n) is 5.49. The van der Waals surface area contributed by atoms with E-state index < -0.39 is 0 Å². The number of benzene rings is 1. The first-order valence-electron chi connectivity index (χ1n) is 7.33. The van der Waals surface area contributed by atoms with Gasteiger partial charge in [-0.2, -0.15) is 0 Å². The molecule has 6 heteroatoms. The second kappa shape index (κ2) is 6.98. The van der Waals surface area contributed by atoms with Crippen molar-refractivity contribution in [2.75, 3.05) is 13.1 Å². The smallest absolute Gasteiger partial charge is 0.224 e. The lowest BCUT2D eigenvalue weighted by atomic mass is 10.1. The highest BCUT2D eigenvalue weighted by atomic mass is 32.1. The molecule has 0 aliphatic carbocycles. The zero-order valence-corrected chi connectivity index (χ0v) is 13.0. The largest absolute Gasteiger partial charge is 0.349 e. The first-order valence-corrected chi connectivity index (χ1v) is 8.21. The number of nitrogens with zero attached hydrogens (tertiary/aromatic N) is 2. The number of carbonyl (C=O) groups is 1. The third kappa shape index (κ3) is 3.90. The number of hydrogen-bond donors (Lipinski definition) is 1. The lowest BCUT2D eigenvalue weighted by Crippen LogP contribution is -2.32. The molecule has 4 nitrogen and oxygen atoms in total. The van der Waals surface area contributed by atoms with Crippen LogP contribution in [0.1, 0.15) is 17.0 Å². The molecule has 2 aromatic rings. The van der Waals surface area contributed by atoms with Crippen LogP contribution in [0.25, 0.3) is 0 Å². The molecule has 2 heterocycles. The number of rotatable bonds is 5. The minimum atomic E-state index is -0.218. The van der Waals surface area contributed by atoms with Crippen molar-refractivity contribution in [2.24, 2.45) is 5.92 Å². The van der Waals surface area contributed by atoms with Gasteiger partial charge in [0.2, 0.25) is 5.91 Å². The Morgan fingerprint density at radius 3 is 2.95 bits per heavy atom. The minimum absolute atomic E-state index is 0.0282. The number of amides is 1. The Kier molecular flexibility index (Phi) is 4.80. The van der Waals surface area contributed by atoms with Crippen LogP contribution in [0.3, 0.4) is 0 Å².